The first-order valence-corrected chi connectivity index (χ1v) is 9.13. The van der Waals surface area contributed by atoms with Crippen LogP contribution in [0.5, 0.6) is 5.75 Å². The van der Waals surface area contributed by atoms with Crippen molar-refractivity contribution in [3.8, 4) is 5.75 Å². The van der Waals surface area contributed by atoms with Crippen LogP contribution in [0.25, 0.3) is 10.9 Å². The van der Waals surface area contributed by atoms with Gasteiger partial charge in [-0.3, -0.25) is 0 Å². The van der Waals surface area contributed by atoms with Gasteiger partial charge in [0.05, 0.1) is 12.8 Å². The number of carbonyl (C=O) groups excluding carboxylic acids is 1. The van der Waals surface area contributed by atoms with E-state index in [1.165, 1.54) is 6.07 Å². The molecule has 2 amide bonds. The summed E-state index contributed by atoms with van der Waals surface area (Å²) in [4.78, 5) is 20.4. The highest BCUT2D eigenvalue weighted by Gasteiger charge is 2.33. The van der Waals surface area contributed by atoms with Gasteiger partial charge in [0.1, 0.15) is 11.4 Å². The standard InChI is InChI=1S/C20H19F3N4O2/c21-20(22,23)18-4-2-16(9-25-18)29-12-14-10-27(11-14)19(28)26-8-13-1-3-17-15(7-13)5-6-24-17/h1-7,9,14,24H,8,10-12H2,(H,26,28). The first-order chi connectivity index (χ1) is 13.9. The quantitative estimate of drug-likeness (QED) is 0.680. The normalized spacial score (nSPS) is 14.7. The number of carbonyl (C=O) groups is 1. The number of ether oxygens (including phenoxy) is 1. The number of aromatic amines is 1. The lowest BCUT2D eigenvalue weighted by Gasteiger charge is -2.38. The molecule has 1 fully saturated rings. The zero-order chi connectivity index (χ0) is 20.4. The Kier molecular flexibility index (Phi) is 5.04. The van der Waals surface area contributed by atoms with Crippen LogP contribution in [-0.2, 0) is 12.7 Å². The third kappa shape index (κ3) is 4.44. The highest BCUT2D eigenvalue weighted by Crippen LogP contribution is 2.28. The third-order valence-electron chi connectivity index (χ3n) is 4.82. The molecule has 0 unspecified atom stereocenters. The van der Waals surface area contributed by atoms with E-state index in [9.17, 15) is 18.0 Å². The maximum atomic E-state index is 12.5. The molecule has 0 spiro atoms. The number of fused-ring (bicyclic) bond motifs is 1. The molecular formula is C20H19F3N4O2. The second-order valence-electron chi connectivity index (χ2n) is 7.02. The maximum absolute atomic E-state index is 12.5. The summed E-state index contributed by atoms with van der Waals surface area (Å²) in [6.45, 7) is 1.84. The number of hydrogen-bond donors (Lipinski definition) is 2. The topological polar surface area (TPSA) is 70.2 Å². The van der Waals surface area contributed by atoms with Gasteiger partial charge in [-0.25, -0.2) is 9.78 Å². The number of urea groups is 1. The minimum Gasteiger partial charge on any atom is -0.492 e. The van der Waals surface area contributed by atoms with Crippen molar-refractivity contribution < 1.29 is 22.7 Å². The molecule has 9 heteroatoms. The van der Waals surface area contributed by atoms with Gasteiger partial charge in [0.25, 0.3) is 0 Å². The minimum atomic E-state index is -4.46. The van der Waals surface area contributed by atoms with Crippen molar-refractivity contribution in [1.82, 2.24) is 20.2 Å². The number of benzene rings is 1. The summed E-state index contributed by atoms with van der Waals surface area (Å²) in [5, 5.41) is 3.99. The van der Waals surface area contributed by atoms with Gasteiger partial charge in [-0.1, -0.05) is 6.07 Å². The first kappa shape index (κ1) is 19.1. The molecule has 1 aromatic carbocycles. The molecule has 3 aromatic rings. The van der Waals surface area contributed by atoms with Crippen molar-refractivity contribution in [3.05, 3.63) is 60.0 Å². The third-order valence-corrected chi connectivity index (χ3v) is 4.82. The van der Waals surface area contributed by atoms with Gasteiger partial charge in [0.15, 0.2) is 0 Å². The van der Waals surface area contributed by atoms with Crippen LogP contribution >= 0.6 is 0 Å². The molecule has 0 radical (unpaired) electrons. The van der Waals surface area contributed by atoms with E-state index in [1.807, 2.05) is 30.5 Å². The molecule has 1 saturated heterocycles. The smallest absolute Gasteiger partial charge is 0.433 e. The van der Waals surface area contributed by atoms with Crippen molar-refractivity contribution in [2.75, 3.05) is 19.7 Å². The number of hydrogen-bond acceptors (Lipinski definition) is 3. The average Bonchev–Trinajstić information content (AvgIpc) is 3.12. The van der Waals surface area contributed by atoms with E-state index in [0.717, 1.165) is 28.7 Å². The van der Waals surface area contributed by atoms with Crippen LogP contribution in [0.1, 0.15) is 11.3 Å². The van der Waals surface area contributed by atoms with Crippen molar-refractivity contribution in [1.29, 1.82) is 0 Å². The highest BCUT2D eigenvalue weighted by atomic mass is 19.4. The number of aromatic nitrogens is 2. The largest absolute Gasteiger partial charge is 0.492 e. The zero-order valence-corrected chi connectivity index (χ0v) is 15.4. The molecule has 2 aromatic heterocycles. The lowest BCUT2D eigenvalue weighted by atomic mass is 10.0. The summed E-state index contributed by atoms with van der Waals surface area (Å²) in [5.41, 5.74) is 1.11. The lowest BCUT2D eigenvalue weighted by molar-refractivity contribution is -0.141. The van der Waals surface area contributed by atoms with Crippen LogP contribution in [0.2, 0.25) is 0 Å². The number of likely N-dealkylation sites (tertiary alicyclic amines) is 1. The van der Waals surface area contributed by atoms with E-state index in [0.29, 0.717) is 26.2 Å². The fraction of sp³-hybridized carbons (Fsp3) is 0.300. The molecule has 6 nitrogen and oxygen atoms in total. The highest BCUT2D eigenvalue weighted by molar-refractivity contribution is 5.80. The van der Waals surface area contributed by atoms with Crippen LogP contribution in [0.15, 0.2) is 48.8 Å². The molecular weight excluding hydrogens is 385 g/mol. The fourth-order valence-corrected chi connectivity index (χ4v) is 3.19. The zero-order valence-electron chi connectivity index (χ0n) is 15.4. The summed E-state index contributed by atoms with van der Waals surface area (Å²) >= 11 is 0. The lowest BCUT2D eigenvalue weighted by Crippen LogP contribution is -2.55. The molecule has 3 heterocycles. The van der Waals surface area contributed by atoms with Gasteiger partial charge in [-0.15, -0.1) is 0 Å². The SMILES string of the molecule is O=C(NCc1ccc2[nH]ccc2c1)N1CC(COc2ccc(C(F)(F)F)nc2)C1. The number of rotatable bonds is 5. The number of alkyl halides is 3. The summed E-state index contributed by atoms with van der Waals surface area (Å²) < 4.78 is 43.0. The number of H-pyrrole nitrogens is 1. The van der Waals surface area contributed by atoms with Crippen LogP contribution in [0.3, 0.4) is 0 Å². The Morgan fingerprint density at radius 3 is 2.79 bits per heavy atom. The van der Waals surface area contributed by atoms with Crippen molar-refractivity contribution in [3.63, 3.8) is 0 Å². The first-order valence-electron chi connectivity index (χ1n) is 9.13. The molecule has 29 heavy (non-hydrogen) atoms. The molecule has 0 atom stereocenters. The Morgan fingerprint density at radius 2 is 2.07 bits per heavy atom. The predicted octanol–water partition coefficient (Wildman–Crippen LogP) is 3.80. The molecule has 1 aliphatic rings. The van der Waals surface area contributed by atoms with Gasteiger partial charge >= 0.3 is 12.2 Å². The summed E-state index contributed by atoms with van der Waals surface area (Å²) in [5.74, 6) is 0.417. The number of amides is 2. The average molecular weight is 404 g/mol. The number of nitrogens with zero attached hydrogens (tertiary/aromatic N) is 2. The second-order valence-corrected chi connectivity index (χ2v) is 7.02. The Balaban J connectivity index is 1.19. The molecule has 0 saturated carbocycles. The Morgan fingerprint density at radius 1 is 1.24 bits per heavy atom. The molecule has 4 rings (SSSR count). The van der Waals surface area contributed by atoms with Crippen LogP contribution in [0.4, 0.5) is 18.0 Å². The summed E-state index contributed by atoms with van der Waals surface area (Å²) in [6, 6.07) is 9.94. The summed E-state index contributed by atoms with van der Waals surface area (Å²) in [6.07, 6.45) is -1.53. The van der Waals surface area contributed by atoms with Gasteiger partial charge in [0.2, 0.25) is 0 Å². The molecule has 152 valence electrons. The van der Waals surface area contributed by atoms with E-state index in [-0.39, 0.29) is 17.7 Å². The molecule has 2 N–H and O–H groups in total. The fourth-order valence-electron chi connectivity index (χ4n) is 3.19. The van der Waals surface area contributed by atoms with Gasteiger partial charge in [-0.05, 0) is 41.3 Å². The summed E-state index contributed by atoms with van der Waals surface area (Å²) in [7, 11) is 0. The van der Waals surface area contributed by atoms with Crippen molar-refractivity contribution in [2.24, 2.45) is 5.92 Å². The Bertz CT molecular complexity index is 995. The Labute approximate surface area is 164 Å². The van der Waals surface area contributed by atoms with E-state index in [1.54, 1.807) is 4.90 Å². The minimum absolute atomic E-state index is 0.138. The van der Waals surface area contributed by atoms with Crippen molar-refractivity contribution in [2.45, 2.75) is 12.7 Å². The van der Waals surface area contributed by atoms with E-state index in [4.69, 9.17) is 4.74 Å². The molecule has 1 aliphatic heterocycles. The number of nitrogens with one attached hydrogen (secondary N) is 2. The maximum Gasteiger partial charge on any atom is 0.433 e. The molecule has 0 aliphatic carbocycles. The van der Waals surface area contributed by atoms with Crippen LogP contribution < -0.4 is 10.1 Å². The van der Waals surface area contributed by atoms with E-state index >= 15 is 0 Å². The van der Waals surface area contributed by atoms with E-state index in [2.05, 4.69) is 15.3 Å². The monoisotopic (exact) mass is 404 g/mol. The van der Waals surface area contributed by atoms with Crippen LogP contribution in [0, 0.1) is 5.92 Å². The van der Waals surface area contributed by atoms with Gasteiger partial charge in [0, 0.05) is 37.3 Å². The predicted molar refractivity (Wildman–Crippen MR) is 100 cm³/mol. The molecule has 0 bridgehead atoms. The van der Waals surface area contributed by atoms with Gasteiger partial charge < -0.3 is 19.9 Å². The van der Waals surface area contributed by atoms with E-state index < -0.39 is 11.9 Å². The van der Waals surface area contributed by atoms with Gasteiger partial charge in [-0.2, -0.15) is 13.2 Å². The van der Waals surface area contributed by atoms with Crippen LogP contribution in [-0.4, -0.2) is 40.6 Å². The second kappa shape index (κ2) is 7.65. The Hall–Kier alpha value is -3.23. The van der Waals surface area contributed by atoms with Crippen molar-refractivity contribution >= 4 is 16.9 Å². The number of halogens is 3. The number of pyridine rings is 1.